The van der Waals surface area contributed by atoms with Gasteiger partial charge in [0.25, 0.3) is 0 Å². The van der Waals surface area contributed by atoms with Crippen molar-refractivity contribution in [2.75, 3.05) is 0 Å². The number of rotatable bonds is 1. The Hall–Kier alpha value is 0.0397. The average Bonchev–Trinajstić information content (AvgIpc) is 2.09. The second kappa shape index (κ2) is 5.13. The summed E-state index contributed by atoms with van der Waals surface area (Å²) in [6.07, 6.45) is 0. The van der Waals surface area contributed by atoms with Crippen molar-refractivity contribution in [3.05, 3.63) is 29.1 Å². The maximum absolute atomic E-state index is 12.6. The molecule has 0 unspecified atom stereocenters. The van der Waals surface area contributed by atoms with E-state index in [2.05, 4.69) is 0 Å². The van der Waals surface area contributed by atoms with E-state index in [1.807, 2.05) is 0 Å². The summed E-state index contributed by atoms with van der Waals surface area (Å²) in [5, 5.41) is 0. The van der Waals surface area contributed by atoms with E-state index in [4.69, 9.17) is 4.55 Å². The van der Waals surface area contributed by atoms with Gasteiger partial charge in [0.1, 0.15) is 0 Å². The van der Waals surface area contributed by atoms with Crippen molar-refractivity contribution in [2.24, 2.45) is 0 Å². The summed E-state index contributed by atoms with van der Waals surface area (Å²) in [5.41, 5.74) is 0. The molecule has 1 aromatic carbocycles. The second-order valence-corrected chi connectivity index (χ2v) is 3.73. The second-order valence-electron chi connectivity index (χ2n) is 2.37. The van der Waals surface area contributed by atoms with Gasteiger partial charge in [-0.05, 0) is 0 Å². The quantitative estimate of drug-likeness (QED) is 0.272. The molecule has 3 nitrogen and oxygen atoms in total. The third kappa shape index (κ3) is 2.65. The molecule has 0 aromatic heterocycles. The van der Waals surface area contributed by atoms with Crippen LogP contribution in [-0.2, 0) is 10.1 Å². The molecule has 1 N–H and O–H groups in total. The molecule has 0 saturated heterocycles. The summed E-state index contributed by atoms with van der Waals surface area (Å²) in [6, 6.07) is 0. The van der Waals surface area contributed by atoms with E-state index >= 15 is 0 Å². The Kier molecular flexibility index (Phi) is 5.14. The molecule has 0 spiro atoms. The first-order valence-electron chi connectivity index (χ1n) is 3.16. The van der Waals surface area contributed by atoms with Crippen LogP contribution in [0.25, 0.3) is 0 Å². The van der Waals surface area contributed by atoms with E-state index in [1.165, 1.54) is 0 Å². The standard InChI is InChI=1S/C6HF5O3S.Ca.2H/c7-1-2(8)4(10)6(15(12,13)14)5(11)3(1)9;;;/h(H,12,13,14);;;. The zero-order valence-electron chi connectivity index (χ0n) is 6.56. The van der Waals surface area contributed by atoms with E-state index < -0.39 is 44.1 Å². The fraction of sp³-hybridized carbons (Fsp3) is 0. The molecule has 0 heterocycles. The van der Waals surface area contributed by atoms with E-state index in [1.54, 1.807) is 0 Å². The molecule has 0 bridgehead atoms. The van der Waals surface area contributed by atoms with Gasteiger partial charge in [-0.25, -0.2) is 22.0 Å². The normalized spacial score (nSPS) is 11.1. The molecule has 1 rings (SSSR count). The average molecular weight is 290 g/mol. The zero-order chi connectivity index (χ0) is 12.0. The predicted molar refractivity (Wildman–Crippen MR) is 44.6 cm³/mol. The first-order chi connectivity index (χ1) is 6.68. The molecule has 0 radical (unpaired) electrons. The molecule has 0 saturated carbocycles. The van der Waals surface area contributed by atoms with Crippen LogP contribution in [0.15, 0.2) is 4.90 Å². The van der Waals surface area contributed by atoms with Gasteiger partial charge in [0.15, 0.2) is 28.2 Å². The fourth-order valence-corrected chi connectivity index (χ4v) is 1.44. The van der Waals surface area contributed by atoms with Gasteiger partial charge in [-0.15, -0.1) is 0 Å². The summed E-state index contributed by atoms with van der Waals surface area (Å²) in [5.74, 6) is -12.6. The Morgan fingerprint density at radius 2 is 1.00 bits per heavy atom. The van der Waals surface area contributed by atoms with Crippen LogP contribution >= 0.6 is 0 Å². The number of benzene rings is 1. The predicted octanol–water partition coefficient (Wildman–Crippen LogP) is 0.713. The van der Waals surface area contributed by atoms with Crippen LogP contribution in [0.1, 0.15) is 0 Å². The van der Waals surface area contributed by atoms with Gasteiger partial charge in [0.2, 0.25) is 5.82 Å². The van der Waals surface area contributed by atoms with Gasteiger partial charge in [0.05, 0.1) is 0 Å². The Bertz CT molecular complexity index is 500. The minimum absolute atomic E-state index is 0. The number of halogens is 5. The summed E-state index contributed by atoms with van der Waals surface area (Å²) in [4.78, 5) is -2.26. The molecule has 0 fully saturated rings. The Morgan fingerprint density at radius 1 is 0.750 bits per heavy atom. The SMILES string of the molecule is O=S(=O)(O)c1c(F)c(F)c(F)c(F)c1F.[CaH2]. The molecular formula is C6H3CaF5O3S. The molecule has 16 heavy (non-hydrogen) atoms. The van der Waals surface area contributed by atoms with Gasteiger partial charge in [-0.2, -0.15) is 8.42 Å². The third-order valence-electron chi connectivity index (χ3n) is 1.43. The molecule has 0 amide bonds. The van der Waals surface area contributed by atoms with Crippen LogP contribution in [0.4, 0.5) is 22.0 Å². The van der Waals surface area contributed by atoms with E-state index in [-0.39, 0.29) is 37.7 Å². The summed E-state index contributed by atoms with van der Waals surface area (Å²) >= 11 is 0. The summed E-state index contributed by atoms with van der Waals surface area (Å²) < 4.78 is 91.3. The fourth-order valence-electron chi connectivity index (χ4n) is 0.811. The van der Waals surface area contributed by atoms with Gasteiger partial charge < -0.3 is 0 Å². The van der Waals surface area contributed by atoms with Crippen molar-refractivity contribution in [3.8, 4) is 0 Å². The van der Waals surface area contributed by atoms with Crippen molar-refractivity contribution in [1.29, 1.82) is 0 Å². The molecule has 0 atom stereocenters. The Labute approximate surface area is 116 Å². The van der Waals surface area contributed by atoms with Crippen LogP contribution in [0, 0.1) is 29.1 Å². The van der Waals surface area contributed by atoms with Gasteiger partial charge in [-0.3, -0.25) is 4.55 Å². The van der Waals surface area contributed by atoms with Gasteiger partial charge in [-0.1, -0.05) is 0 Å². The van der Waals surface area contributed by atoms with Crippen LogP contribution in [0.2, 0.25) is 0 Å². The van der Waals surface area contributed by atoms with E-state index in [0.717, 1.165) is 0 Å². The molecular weight excluding hydrogens is 287 g/mol. The molecule has 1 aromatic rings. The number of hydrogen-bond acceptors (Lipinski definition) is 2. The molecule has 0 aliphatic rings. The van der Waals surface area contributed by atoms with Crippen molar-refractivity contribution in [2.45, 2.75) is 4.90 Å². The first kappa shape index (κ1) is 16.0. The Balaban J connectivity index is 0.00000225. The van der Waals surface area contributed by atoms with Crippen LogP contribution in [0.3, 0.4) is 0 Å². The monoisotopic (exact) mass is 290 g/mol. The third-order valence-corrected chi connectivity index (χ3v) is 2.30. The van der Waals surface area contributed by atoms with Crippen LogP contribution in [0.5, 0.6) is 0 Å². The maximum atomic E-state index is 12.6. The van der Waals surface area contributed by atoms with Crippen LogP contribution < -0.4 is 0 Å². The molecule has 88 valence electrons. The first-order valence-corrected chi connectivity index (χ1v) is 4.61. The van der Waals surface area contributed by atoms with E-state index in [0.29, 0.717) is 0 Å². The van der Waals surface area contributed by atoms with Crippen molar-refractivity contribution in [1.82, 2.24) is 0 Å². The van der Waals surface area contributed by atoms with Crippen LogP contribution in [-0.4, -0.2) is 50.7 Å². The van der Waals surface area contributed by atoms with E-state index in [9.17, 15) is 30.4 Å². The van der Waals surface area contributed by atoms with Gasteiger partial charge in [0, 0.05) is 0 Å². The molecule has 10 heteroatoms. The minimum atomic E-state index is -5.52. The summed E-state index contributed by atoms with van der Waals surface area (Å²) in [6.45, 7) is 0. The van der Waals surface area contributed by atoms with Crippen molar-refractivity contribution < 1.29 is 34.9 Å². The number of hydrogen-bond donors (Lipinski definition) is 1. The topological polar surface area (TPSA) is 54.4 Å². The van der Waals surface area contributed by atoms with Crippen molar-refractivity contribution in [3.63, 3.8) is 0 Å². The molecule has 0 aliphatic carbocycles. The Morgan fingerprint density at radius 3 is 1.25 bits per heavy atom. The zero-order valence-corrected chi connectivity index (χ0v) is 7.38. The summed E-state index contributed by atoms with van der Waals surface area (Å²) in [7, 11) is -5.52. The molecule has 0 aliphatic heterocycles. The van der Waals surface area contributed by atoms with Gasteiger partial charge >= 0.3 is 47.9 Å². The van der Waals surface area contributed by atoms with Crippen molar-refractivity contribution >= 4 is 47.9 Å².